The van der Waals surface area contributed by atoms with E-state index in [-0.39, 0.29) is 45.8 Å². The molecular formula is C25H30Cl2N8O3. The van der Waals surface area contributed by atoms with Crippen LogP contribution in [0.15, 0.2) is 22.6 Å². The summed E-state index contributed by atoms with van der Waals surface area (Å²) in [4.78, 5) is 28.4. The van der Waals surface area contributed by atoms with Crippen molar-refractivity contribution in [1.82, 2.24) is 30.0 Å². The zero-order valence-corrected chi connectivity index (χ0v) is 22.8. The first kappa shape index (κ1) is 26.5. The molecule has 202 valence electrons. The monoisotopic (exact) mass is 560 g/mol. The SMILES string of the molecule is CC[C@H]1CN(c2nc(N)c(-c3nnc(C)o3)nc2Cl)CCN1C1CCN(C(=O)c2ccc(Cl)cc2O)CC1. The third-order valence-electron chi connectivity index (χ3n) is 7.30. The van der Waals surface area contributed by atoms with Gasteiger partial charge in [-0.15, -0.1) is 10.2 Å². The summed E-state index contributed by atoms with van der Waals surface area (Å²) in [6, 6.07) is 5.25. The Morgan fingerprint density at radius 1 is 1.16 bits per heavy atom. The van der Waals surface area contributed by atoms with Gasteiger partial charge < -0.3 is 25.1 Å². The number of hydrogen-bond donors (Lipinski definition) is 2. The molecule has 2 saturated heterocycles. The van der Waals surface area contributed by atoms with E-state index in [1.807, 2.05) is 0 Å². The highest BCUT2D eigenvalue weighted by molar-refractivity contribution is 6.32. The largest absolute Gasteiger partial charge is 0.507 e. The van der Waals surface area contributed by atoms with Gasteiger partial charge in [0, 0.05) is 56.8 Å². The quantitative estimate of drug-likeness (QED) is 0.475. The van der Waals surface area contributed by atoms with Gasteiger partial charge in [-0.05, 0) is 37.5 Å². The molecule has 0 spiro atoms. The van der Waals surface area contributed by atoms with E-state index in [4.69, 9.17) is 33.4 Å². The Balaban J connectivity index is 1.23. The van der Waals surface area contributed by atoms with Crippen molar-refractivity contribution in [1.29, 1.82) is 0 Å². The number of nitrogen functional groups attached to an aromatic ring is 1. The Labute approximate surface area is 230 Å². The van der Waals surface area contributed by atoms with Crippen molar-refractivity contribution in [3.8, 4) is 17.3 Å². The van der Waals surface area contributed by atoms with Crippen molar-refractivity contribution in [2.45, 2.75) is 45.2 Å². The van der Waals surface area contributed by atoms with Gasteiger partial charge in [-0.25, -0.2) is 9.97 Å². The number of piperazine rings is 1. The number of piperidine rings is 1. The van der Waals surface area contributed by atoms with Crippen LogP contribution in [0.3, 0.4) is 0 Å². The van der Waals surface area contributed by atoms with E-state index >= 15 is 0 Å². The third-order valence-corrected chi connectivity index (χ3v) is 7.79. The minimum atomic E-state index is -0.167. The normalized spacial score (nSPS) is 19.2. The molecule has 2 fully saturated rings. The summed E-state index contributed by atoms with van der Waals surface area (Å²) in [5.41, 5.74) is 6.75. The minimum Gasteiger partial charge on any atom is -0.507 e. The van der Waals surface area contributed by atoms with Gasteiger partial charge in [0.15, 0.2) is 22.5 Å². The molecule has 0 saturated carbocycles. The predicted octanol–water partition coefficient (Wildman–Crippen LogP) is 3.64. The average molecular weight is 561 g/mol. The number of hydrogen-bond acceptors (Lipinski definition) is 10. The molecule has 0 unspecified atom stereocenters. The fourth-order valence-electron chi connectivity index (χ4n) is 5.33. The van der Waals surface area contributed by atoms with E-state index in [1.54, 1.807) is 24.0 Å². The number of amides is 1. The van der Waals surface area contributed by atoms with Gasteiger partial charge in [0.05, 0.1) is 5.56 Å². The van der Waals surface area contributed by atoms with E-state index in [1.165, 1.54) is 6.07 Å². The highest BCUT2D eigenvalue weighted by atomic mass is 35.5. The molecule has 3 N–H and O–H groups in total. The highest BCUT2D eigenvalue weighted by Gasteiger charge is 2.35. The lowest BCUT2D eigenvalue weighted by Gasteiger charge is -2.47. The van der Waals surface area contributed by atoms with Crippen LogP contribution in [0, 0.1) is 6.92 Å². The number of aryl methyl sites for hydroxylation is 1. The van der Waals surface area contributed by atoms with Gasteiger partial charge in [-0.2, -0.15) is 0 Å². The van der Waals surface area contributed by atoms with Crippen LogP contribution < -0.4 is 10.6 Å². The number of carbonyl (C=O) groups excluding carboxylic acids is 1. The number of aromatic nitrogens is 4. The Morgan fingerprint density at radius 3 is 2.58 bits per heavy atom. The summed E-state index contributed by atoms with van der Waals surface area (Å²) in [6.07, 6.45) is 2.68. The van der Waals surface area contributed by atoms with Crippen molar-refractivity contribution in [2.24, 2.45) is 0 Å². The van der Waals surface area contributed by atoms with Gasteiger partial charge in [-0.3, -0.25) is 9.69 Å². The van der Waals surface area contributed by atoms with Gasteiger partial charge in [0.25, 0.3) is 11.8 Å². The number of likely N-dealkylation sites (tertiary alicyclic amines) is 1. The van der Waals surface area contributed by atoms with Crippen molar-refractivity contribution in [2.75, 3.05) is 43.4 Å². The zero-order valence-electron chi connectivity index (χ0n) is 21.3. The minimum absolute atomic E-state index is 0.0885. The number of phenols is 1. The van der Waals surface area contributed by atoms with Crippen molar-refractivity contribution in [3.63, 3.8) is 0 Å². The second kappa shape index (κ2) is 10.9. The average Bonchev–Trinajstić information content (AvgIpc) is 3.35. The Hall–Kier alpha value is -3.15. The lowest BCUT2D eigenvalue weighted by Crippen LogP contribution is -2.58. The van der Waals surface area contributed by atoms with E-state index in [9.17, 15) is 9.90 Å². The van der Waals surface area contributed by atoms with Crippen LogP contribution in [0.2, 0.25) is 10.2 Å². The smallest absolute Gasteiger partial charge is 0.270 e. The number of nitrogens with two attached hydrogens (primary N) is 1. The molecular weight excluding hydrogens is 531 g/mol. The lowest BCUT2D eigenvalue weighted by molar-refractivity contribution is 0.0489. The van der Waals surface area contributed by atoms with Crippen LogP contribution in [0.4, 0.5) is 11.6 Å². The number of carbonyl (C=O) groups is 1. The second-order valence-corrected chi connectivity index (χ2v) is 10.4. The molecule has 3 aromatic rings. The van der Waals surface area contributed by atoms with Crippen molar-refractivity contribution >= 4 is 40.7 Å². The number of halogens is 2. The summed E-state index contributed by atoms with van der Waals surface area (Å²) in [5, 5.41) is 18.6. The fourth-order valence-corrected chi connectivity index (χ4v) is 5.74. The number of rotatable bonds is 5. The Morgan fingerprint density at radius 2 is 1.92 bits per heavy atom. The number of anilines is 2. The summed E-state index contributed by atoms with van der Waals surface area (Å²) in [7, 11) is 0. The molecule has 0 radical (unpaired) electrons. The van der Waals surface area contributed by atoms with Crippen molar-refractivity contribution in [3.05, 3.63) is 39.8 Å². The summed E-state index contributed by atoms with van der Waals surface area (Å²) >= 11 is 12.5. The molecule has 0 aliphatic carbocycles. The summed E-state index contributed by atoms with van der Waals surface area (Å²) in [5.74, 6) is 1.07. The molecule has 11 nitrogen and oxygen atoms in total. The molecule has 38 heavy (non-hydrogen) atoms. The first-order valence-corrected chi connectivity index (χ1v) is 13.4. The van der Waals surface area contributed by atoms with Crippen LogP contribution in [0.25, 0.3) is 11.6 Å². The van der Waals surface area contributed by atoms with Crippen LogP contribution in [0.5, 0.6) is 5.75 Å². The van der Waals surface area contributed by atoms with Gasteiger partial charge in [0.1, 0.15) is 5.75 Å². The maximum absolute atomic E-state index is 13.0. The lowest BCUT2D eigenvalue weighted by atomic mass is 9.97. The van der Waals surface area contributed by atoms with Crippen LogP contribution in [0.1, 0.15) is 42.4 Å². The molecule has 2 aromatic heterocycles. The molecule has 1 amide bonds. The maximum atomic E-state index is 13.0. The number of aromatic hydroxyl groups is 1. The maximum Gasteiger partial charge on any atom is 0.270 e. The van der Waals surface area contributed by atoms with Crippen LogP contribution in [-0.4, -0.2) is 85.8 Å². The second-order valence-electron chi connectivity index (χ2n) is 9.63. The van der Waals surface area contributed by atoms with E-state index in [0.29, 0.717) is 35.9 Å². The molecule has 2 aliphatic heterocycles. The Bertz CT molecular complexity index is 1330. The first-order chi connectivity index (χ1) is 18.2. The standard InChI is InChI=1S/C25H30Cl2N8O3/c1-3-16-13-34(23-21(27)29-20(22(28)30-23)24-32-31-14(2)38-24)10-11-35(16)17-6-8-33(9-7-17)25(37)18-5-4-15(26)12-19(18)36/h4-5,12,16-17,36H,3,6-11,13H2,1-2H3,(H2,28,30)/t16-/m0/s1. The van der Waals surface area contributed by atoms with Gasteiger partial charge in [0.2, 0.25) is 5.89 Å². The molecule has 1 atom stereocenters. The van der Waals surface area contributed by atoms with Crippen LogP contribution in [-0.2, 0) is 0 Å². The molecule has 13 heteroatoms. The molecule has 4 heterocycles. The summed E-state index contributed by atoms with van der Waals surface area (Å²) in [6.45, 7) is 7.41. The van der Waals surface area contributed by atoms with Gasteiger partial charge in [-0.1, -0.05) is 30.1 Å². The topological polar surface area (TPSA) is 138 Å². The molecule has 5 rings (SSSR count). The predicted molar refractivity (Wildman–Crippen MR) is 145 cm³/mol. The summed E-state index contributed by atoms with van der Waals surface area (Å²) < 4.78 is 5.44. The van der Waals surface area contributed by atoms with E-state index in [0.717, 1.165) is 38.9 Å². The van der Waals surface area contributed by atoms with Gasteiger partial charge >= 0.3 is 0 Å². The van der Waals surface area contributed by atoms with E-state index in [2.05, 4.69) is 36.9 Å². The number of nitrogens with zero attached hydrogens (tertiary/aromatic N) is 7. The third kappa shape index (κ3) is 5.23. The molecule has 2 aliphatic rings. The molecule has 0 bridgehead atoms. The van der Waals surface area contributed by atoms with Crippen LogP contribution >= 0.6 is 23.2 Å². The van der Waals surface area contributed by atoms with Crippen molar-refractivity contribution < 1.29 is 14.3 Å². The first-order valence-electron chi connectivity index (χ1n) is 12.7. The fraction of sp³-hybridized carbons (Fsp3) is 0.480. The molecule has 1 aromatic carbocycles. The number of phenolic OH excluding ortho intramolecular Hbond substituents is 1. The Kier molecular flexibility index (Phi) is 7.60. The zero-order chi connectivity index (χ0) is 27.0. The number of benzene rings is 1. The van der Waals surface area contributed by atoms with E-state index < -0.39 is 0 Å². The highest BCUT2D eigenvalue weighted by Crippen LogP contribution is 2.32.